The van der Waals surface area contributed by atoms with E-state index in [2.05, 4.69) is 91.0 Å². The summed E-state index contributed by atoms with van der Waals surface area (Å²) in [5.41, 5.74) is 13.1. The molecule has 11 rings (SSSR count). The summed E-state index contributed by atoms with van der Waals surface area (Å²) in [5, 5.41) is 0. The molecular formula is C46H27N3O2S. The van der Waals surface area contributed by atoms with Crippen LogP contribution in [-0.4, -0.2) is 23.4 Å². The van der Waals surface area contributed by atoms with Gasteiger partial charge in [-0.25, -0.2) is 23.4 Å². The first-order valence-electron chi connectivity index (χ1n) is 17.3. The van der Waals surface area contributed by atoms with Gasteiger partial charge in [-0.1, -0.05) is 146 Å². The summed E-state index contributed by atoms with van der Waals surface area (Å²) in [6, 6.07) is 55.3. The summed E-state index contributed by atoms with van der Waals surface area (Å²) in [6.45, 7) is 0. The van der Waals surface area contributed by atoms with Crippen molar-refractivity contribution in [3.05, 3.63) is 186 Å². The number of hydrogen-bond acceptors (Lipinski definition) is 5. The summed E-state index contributed by atoms with van der Waals surface area (Å²) in [5.74, 6) is 1.44. The van der Waals surface area contributed by atoms with Crippen LogP contribution in [0, 0.1) is 0 Å². The van der Waals surface area contributed by atoms with E-state index >= 15 is 0 Å². The fraction of sp³-hybridized carbons (Fsp3) is 0.0217. The summed E-state index contributed by atoms with van der Waals surface area (Å²) < 4.78 is 27.4. The van der Waals surface area contributed by atoms with E-state index in [9.17, 15) is 8.42 Å². The third-order valence-corrected chi connectivity index (χ3v) is 12.8. The number of benzene rings is 7. The Morgan fingerprint density at radius 3 is 1.37 bits per heavy atom. The maximum absolute atomic E-state index is 13.7. The molecule has 0 N–H and O–H groups in total. The fourth-order valence-corrected chi connectivity index (χ4v) is 10.4. The van der Waals surface area contributed by atoms with Crippen molar-refractivity contribution in [2.24, 2.45) is 0 Å². The van der Waals surface area contributed by atoms with E-state index < -0.39 is 15.3 Å². The molecule has 0 saturated carbocycles. The average Bonchev–Trinajstić information content (AvgIpc) is 3.76. The van der Waals surface area contributed by atoms with Crippen molar-refractivity contribution in [1.82, 2.24) is 15.0 Å². The Bertz CT molecular complexity index is 2870. The second-order valence-corrected chi connectivity index (χ2v) is 15.4. The van der Waals surface area contributed by atoms with E-state index in [4.69, 9.17) is 15.0 Å². The van der Waals surface area contributed by atoms with Gasteiger partial charge in [-0.2, -0.15) is 0 Å². The van der Waals surface area contributed by atoms with Crippen LogP contribution in [0.5, 0.6) is 0 Å². The third kappa shape index (κ3) is 3.82. The van der Waals surface area contributed by atoms with Crippen molar-refractivity contribution in [3.63, 3.8) is 0 Å². The molecule has 7 aromatic carbocycles. The molecule has 52 heavy (non-hydrogen) atoms. The lowest BCUT2D eigenvalue weighted by Gasteiger charge is -2.30. The van der Waals surface area contributed by atoms with Crippen LogP contribution in [-0.2, 0) is 15.3 Å². The van der Waals surface area contributed by atoms with Crippen molar-refractivity contribution >= 4 is 9.84 Å². The second kappa shape index (κ2) is 10.5. The molecule has 0 saturated heterocycles. The number of hydrogen-bond donors (Lipinski definition) is 0. The predicted octanol–water partition coefficient (Wildman–Crippen LogP) is 10.0. The first-order chi connectivity index (χ1) is 25.5. The van der Waals surface area contributed by atoms with Gasteiger partial charge in [0.2, 0.25) is 9.84 Å². The molecule has 1 aliphatic heterocycles. The number of aromatic nitrogens is 3. The third-order valence-electron chi connectivity index (χ3n) is 10.9. The zero-order chi connectivity index (χ0) is 34.6. The number of sulfone groups is 1. The maximum Gasteiger partial charge on any atom is 0.207 e. The van der Waals surface area contributed by atoms with Gasteiger partial charge in [-0.05, 0) is 62.7 Å². The Hall–Kier alpha value is -6.50. The lowest BCUT2D eigenvalue weighted by atomic mass is 9.70. The molecule has 1 spiro atoms. The quantitative estimate of drug-likeness (QED) is 0.185. The number of rotatable bonds is 3. The molecule has 244 valence electrons. The zero-order valence-corrected chi connectivity index (χ0v) is 28.5. The Morgan fingerprint density at radius 1 is 0.346 bits per heavy atom. The molecule has 2 aliphatic carbocycles. The predicted molar refractivity (Wildman–Crippen MR) is 203 cm³/mol. The van der Waals surface area contributed by atoms with E-state index in [0.717, 1.165) is 11.1 Å². The van der Waals surface area contributed by atoms with Crippen LogP contribution < -0.4 is 0 Å². The van der Waals surface area contributed by atoms with Gasteiger partial charge < -0.3 is 0 Å². The van der Waals surface area contributed by atoms with Crippen molar-refractivity contribution in [1.29, 1.82) is 0 Å². The van der Waals surface area contributed by atoms with E-state index in [1.165, 1.54) is 44.5 Å². The number of nitrogens with zero attached hydrogens (tertiary/aromatic N) is 3. The summed E-state index contributed by atoms with van der Waals surface area (Å²) in [4.78, 5) is 15.7. The SMILES string of the molecule is O=S1(=O)c2ccccc2-c2ccc(-c3nc(-c4ccccc4)nc(-c4ccc5c(c4)C4(c6ccccc6-c6ccccc64)c4ccccc4-5)n3)cc21. The first kappa shape index (κ1) is 29.3. The normalized spacial score (nSPS) is 14.6. The van der Waals surface area contributed by atoms with Crippen molar-refractivity contribution < 1.29 is 8.42 Å². The summed E-state index contributed by atoms with van der Waals surface area (Å²) >= 11 is 0. The van der Waals surface area contributed by atoms with Gasteiger partial charge in [0.05, 0.1) is 15.2 Å². The highest BCUT2D eigenvalue weighted by atomic mass is 32.2. The maximum atomic E-state index is 13.7. The minimum atomic E-state index is -3.69. The van der Waals surface area contributed by atoms with Gasteiger partial charge in [0.1, 0.15) is 0 Å². The van der Waals surface area contributed by atoms with Crippen LogP contribution >= 0.6 is 0 Å². The van der Waals surface area contributed by atoms with E-state index in [-0.39, 0.29) is 4.90 Å². The molecule has 8 aromatic rings. The molecule has 0 fully saturated rings. The van der Waals surface area contributed by atoms with Gasteiger partial charge in [0.15, 0.2) is 17.5 Å². The Balaban J connectivity index is 1.14. The standard InChI is InChI=1S/C46H27N3O2S/c50-52(51)41-21-11-7-17-35(41)36-25-23-30(27-42(36)52)45-48-43(28-12-2-1-3-13-28)47-44(49-45)29-22-24-34-33-16-6-10-20-39(33)46(40(34)26-29)37-18-8-4-14-31(37)32-15-5-9-19-38(32)46/h1-27H. The van der Waals surface area contributed by atoms with E-state index in [0.29, 0.717) is 39.1 Å². The molecule has 0 bridgehead atoms. The fourth-order valence-electron chi connectivity index (χ4n) is 8.73. The van der Waals surface area contributed by atoms with Gasteiger partial charge in [-0.15, -0.1) is 0 Å². The molecule has 0 amide bonds. The van der Waals surface area contributed by atoms with Gasteiger partial charge in [0, 0.05) is 27.8 Å². The molecule has 5 nitrogen and oxygen atoms in total. The van der Waals surface area contributed by atoms with Gasteiger partial charge in [0.25, 0.3) is 0 Å². The minimum absolute atomic E-state index is 0.269. The highest BCUT2D eigenvalue weighted by Crippen LogP contribution is 2.63. The average molecular weight is 686 g/mol. The van der Waals surface area contributed by atoms with Gasteiger partial charge in [-0.3, -0.25) is 0 Å². The van der Waals surface area contributed by atoms with Crippen LogP contribution in [0.25, 0.3) is 67.5 Å². The summed E-state index contributed by atoms with van der Waals surface area (Å²) in [7, 11) is -3.69. The molecule has 3 aliphatic rings. The Morgan fingerprint density at radius 2 is 0.769 bits per heavy atom. The molecule has 0 unspecified atom stereocenters. The molecule has 2 heterocycles. The lowest BCUT2D eigenvalue weighted by Crippen LogP contribution is -2.25. The Labute approximate surface area is 300 Å². The first-order valence-corrected chi connectivity index (χ1v) is 18.8. The van der Waals surface area contributed by atoms with E-state index in [1.807, 2.05) is 54.6 Å². The topological polar surface area (TPSA) is 72.8 Å². The number of fused-ring (bicyclic) bond motifs is 13. The highest BCUT2D eigenvalue weighted by Gasteiger charge is 2.51. The van der Waals surface area contributed by atoms with E-state index in [1.54, 1.807) is 18.2 Å². The molecule has 0 radical (unpaired) electrons. The van der Waals surface area contributed by atoms with Crippen molar-refractivity contribution in [2.75, 3.05) is 0 Å². The van der Waals surface area contributed by atoms with Crippen LogP contribution in [0.2, 0.25) is 0 Å². The molecule has 6 heteroatoms. The van der Waals surface area contributed by atoms with Crippen LogP contribution in [0.1, 0.15) is 22.3 Å². The summed E-state index contributed by atoms with van der Waals surface area (Å²) in [6.07, 6.45) is 0. The second-order valence-electron chi connectivity index (χ2n) is 13.5. The molecular weight excluding hydrogens is 659 g/mol. The molecule has 0 atom stereocenters. The largest absolute Gasteiger partial charge is 0.218 e. The molecule has 1 aromatic heterocycles. The highest BCUT2D eigenvalue weighted by molar-refractivity contribution is 7.92. The lowest BCUT2D eigenvalue weighted by molar-refractivity contribution is 0.598. The van der Waals surface area contributed by atoms with Crippen molar-refractivity contribution in [3.8, 4) is 67.5 Å². The minimum Gasteiger partial charge on any atom is -0.218 e. The van der Waals surface area contributed by atoms with Crippen LogP contribution in [0.4, 0.5) is 0 Å². The van der Waals surface area contributed by atoms with Crippen LogP contribution in [0.15, 0.2) is 174 Å². The smallest absolute Gasteiger partial charge is 0.207 e. The Kier molecular flexibility index (Phi) is 5.91. The monoisotopic (exact) mass is 685 g/mol. The van der Waals surface area contributed by atoms with Crippen molar-refractivity contribution in [2.45, 2.75) is 15.2 Å². The zero-order valence-electron chi connectivity index (χ0n) is 27.7. The van der Waals surface area contributed by atoms with Gasteiger partial charge >= 0.3 is 0 Å². The van der Waals surface area contributed by atoms with Crippen LogP contribution in [0.3, 0.4) is 0 Å².